The third-order valence-electron chi connectivity index (χ3n) is 4.28. The van der Waals surface area contributed by atoms with E-state index in [1.54, 1.807) is 6.92 Å². The number of carbonyl (C=O) groups is 1. The van der Waals surface area contributed by atoms with Crippen molar-refractivity contribution in [1.29, 1.82) is 0 Å². The average Bonchev–Trinajstić information content (AvgIpc) is 2.50. The molecule has 2 rings (SSSR count). The van der Waals surface area contributed by atoms with Crippen LogP contribution in [0.3, 0.4) is 0 Å². The predicted molar refractivity (Wildman–Crippen MR) is 69.1 cm³/mol. The van der Waals surface area contributed by atoms with Crippen LogP contribution >= 0.6 is 0 Å². The number of carbonyl (C=O) groups excluding carboxylic acids is 1. The summed E-state index contributed by atoms with van der Waals surface area (Å²) in [5.74, 6) is 0.871. The van der Waals surface area contributed by atoms with Gasteiger partial charge in [0.25, 0.3) is 0 Å². The quantitative estimate of drug-likeness (QED) is 0.799. The molecular weight excluding hydrogens is 210 g/mol. The fourth-order valence-corrected chi connectivity index (χ4v) is 3.02. The molecule has 2 heteroatoms. The van der Waals surface area contributed by atoms with Crippen LogP contribution in [0.5, 0.6) is 0 Å². The second-order valence-electron chi connectivity index (χ2n) is 5.79. The molecular formula is C15H21NO. The zero-order valence-electron chi connectivity index (χ0n) is 11.2. The molecule has 92 valence electrons. The van der Waals surface area contributed by atoms with E-state index in [9.17, 15) is 4.79 Å². The first-order chi connectivity index (χ1) is 7.93. The number of pyridine rings is 1. The first kappa shape index (κ1) is 12.3. The number of nitrogens with zero attached hydrogens (tertiary/aromatic N) is 1. The summed E-state index contributed by atoms with van der Waals surface area (Å²) in [7, 11) is 0. The number of aryl methyl sites for hydroxylation is 1. The van der Waals surface area contributed by atoms with Gasteiger partial charge in [-0.15, -0.1) is 0 Å². The Labute approximate surface area is 103 Å². The highest BCUT2D eigenvalue weighted by atomic mass is 16.1. The molecule has 1 aromatic heterocycles. The van der Waals surface area contributed by atoms with E-state index in [1.165, 1.54) is 11.1 Å². The van der Waals surface area contributed by atoms with Crippen LogP contribution in [0.15, 0.2) is 12.3 Å². The normalized spacial score (nSPS) is 21.3. The molecule has 0 fully saturated rings. The average molecular weight is 231 g/mol. The molecule has 1 atom stereocenters. The minimum absolute atomic E-state index is 0.179. The topological polar surface area (TPSA) is 30.0 Å². The largest absolute Gasteiger partial charge is 0.300 e. The van der Waals surface area contributed by atoms with Gasteiger partial charge in [-0.2, -0.15) is 0 Å². The van der Waals surface area contributed by atoms with E-state index < -0.39 is 0 Å². The highest BCUT2D eigenvalue weighted by Crippen LogP contribution is 2.45. The molecule has 17 heavy (non-hydrogen) atoms. The van der Waals surface area contributed by atoms with Gasteiger partial charge >= 0.3 is 0 Å². The zero-order chi connectivity index (χ0) is 12.6. The summed E-state index contributed by atoms with van der Waals surface area (Å²) in [5.41, 5.74) is 4.17. The zero-order valence-corrected chi connectivity index (χ0v) is 11.2. The lowest BCUT2D eigenvalue weighted by Gasteiger charge is -2.28. The van der Waals surface area contributed by atoms with Crippen LogP contribution < -0.4 is 0 Å². The number of hydrogen-bond acceptors (Lipinski definition) is 2. The minimum atomic E-state index is 0.179. The Hall–Kier alpha value is -1.18. The third kappa shape index (κ3) is 2.13. The van der Waals surface area contributed by atoms with Crippen LogP contribution in [0, 0.1) is 12.8 Å². The second-order valence-corrected chi connectivity index (χ2v) is 5.79. The SMILES string of the molecule is CC(=O)CC[C@@H]1Cc2c(ccnc2C)C1(C)C. The molecule has 0 radical (unpaired) electrons. The van der Waals surface area contributed by atoms with Crippen LogP contribution in [-0.4, -0.2) is 10.8 Å². The second kappa shape index (κ2) is 4.25. The van der Waals surface area contributed by atoms with E-state index in [2.05, 4.69) is 31.8 Å². The Balaban J connectivity index is 2.26. The van der Waals surface area contributed by atoms with E-state index >= 15 is 0 Å². The molecule has 0 saturated carbocycles. The Morgan fingerprint density at radius 2 is 2.24 bits per heavy atom. The number of hydrogen-bond donors (Lipinski definition) is 0. The fraction of sp³-hybridized carbons (Fsp3) is 0.600. The lowest BCUT2D eigenvalue weighted by atomic mass is 9.76. The van der Waals surface area contributed by atoms with Crippen molar-refractivity contribution in [2.45, 2.75) is 52.4 Å². The minimum Gasteiger partial charge on any atom is -0.300 e. The van der Waals surface area contributed by atoms with Crippen molar-refractivity contribution in [1.82, 2.24) is 4.98 Å². The molecule has 0 bridgehead atoms. The van der Waals surface area contributed by atoms with Gasteiger partial charge in [0.2, 0.25) is 0 Å². The van der Waals surface area contributed by atoms with Gasteiger partial charge in [0.05, 0.1) is 0 Å². The molecule has 0 aliphatic heterocycles. The molecule has 0 saturated heterocycles. The highest BCUT2D eigenvalue weighted by molar-refractivity contribution is 5.75. The maximum atomic E-state index is 11.1. The van der Waals surface area contributed by atoms with Gasteiger partial charge in [-0.05, 0) is 55.2 Å². The molecule has 1 aliphatic carbocycles. The molecule has 1 heterocycles. The van der Waals surface area contributed by atoms with Gasteiger partial charge in [0.1, 0.15) is 5.78 Å². The van der Waals surface area contributed by atoms with E-state index in [1.807, 2.05) is 6.20 Å². The molecule has 0 unspecified atom stereocenters. The molecule has 0 amide bonds. The summed E-state index contributed by atoms with van der Waals surface area (Å²) >= 11 is 0. The number of rotatable bonds is 3. The Morgan fingerprint density at radius 3 is 2.82 bits per heavy atom. The van der Waals surface area contributed by atoms with Crippen LogP contribution in [0.25, 0.3) is 0 Å². The molecule has 2 nitrogen and oxygen atoms in total. The van der Waals surface area contributed by atoms with Crippen molar-refractivity contribution >= 4 is 5.78 Å². The number of ketones is 1. The van der Waals surface area contributed by atoms with E-state index in [0.717, 1.165) is 18.5 Å². The summed E-state index contributed by atoms with van der Waals surface area (Å²) in [4.78, 5) is 15.5. The van der Waals surface area contributed by atoms with Crippen molar-refractivity contribution in [3.8, 4) is 0 Å². The summed E-state index contributed by atoms with van der Waals surface area (Å²) < 4.78 is 0. The van der Waals surface area contributed by atoms with E-state index in [-0.39, 0.29) is 5.41 Å². The molecule has 0 aromatic carbocycles. The van der Waals surface area contributed by atoms with Gasteiger partial charge in [-0.25, -0.2) is 0 Å². The van der Waals surface area contributed by atoms with Gasteiger partial charge in [-0.1, -0.05) is 13.8 Å². The van der Waals surface area contributed by atoms with Gasteiger partial charge in [0, 0.05) is 18.3 Å². The Morgan fingerprint density at radius 1 is 1.53 bits per heavy atom. The Bertz CT molecular complexity index is 448. The monoisotopic (exact) mass is 231 g/mol. The van der Waals surface area contributed by atoms with Gasteiger partial charge < -0.3 is 4.79 Å². The van der Waals surface area contributed by atoms with Crippen molar-refractivity contribution < 1.29 is 4.79 Å². The predicted octanol–water partition coefficient (Wildman–Crippen LogP) is 3.21. The van der Waals surface area contributed by atoms with Crippen LogP contribution in [0.4, 0.5) is 0 Å². The molecule has 0 spiro atoms. The van der Waals surface area contributed by atoms with Crippen molar-refractivity contribution in [3.63, 3.8) is 0 Å². The van der Waals surface area contributed by atoms with Crippen molar-refractivity contribution in [2.24, 2.45) is 5.92 Å². The summed E-state index contributed by atoms with van der Waals surface area (Å²) in [6.45, 7) is 8.36. The summed E-state index contributed by atoms with van der Waals surface area (Å²) in [6, 6.07) is 2.15. The maximum Gasteiger partial charge on any atom is 0.129 e. The van der Waals surface area contributed by atoms with E-state index in [0.29, 0.717) is 18.1 Å². The fourth-order valence-electron chi connectivity index (χ4n) is 3.02. The standard InChI is InChI=1S/C15H21NO/c1-10(17)5-6-12-9-13-11(2)16-8-7-14(13)15(12,3)4/h7-8,12H,5-6,9H2,1-4H3/t12-/m1/s1. The first-order valence-corrected chi connectivity index (χ1v) is 6.37. The number of aromatic nitrogens is 1. The van der Waals surface area contributed by atoms with Crippen molar-refractivity contribution in [3.05, 3.63) is 29.1 Å². The first-order valence-electron chi connectivity index (χ1n) is 6.37. The molecule has 1 aliphatic rings. The molecule has 1 aromatic rings. The third-order valence-corrected chi connectivity index (χ3v) is 4.28. The van der Waals surface area contributed by atoms with E-state index in [4.69, 9.17) is 0 Å². The highest BCUT2D eigenvalue weighted by Gasteiger charge is 2.39. The lowest BCUT2D eigenvalue weighted by Crippen LogP contribution is -2.24. The van der Waals surface area contributed by atoms with Crippen molar-refractivity contribution in [2.75, 3.05) is 0 Å². The van der Waals surface area contributed by atoms with Crippen LogP contribution in [-0.2, 0) is 16.6 Å². The lowest BCUT2D eigenvalue weighted by molar-refractivity contribution is -0.117. The van der Waals surface area contributed by atoms with Gasteiger partial charge in [-0.3, -0.25) is 4.98 Å². The summed E-state index contributed by atoms with van der Waals surface area (Å²) in [5, 5.41) is 0. The number of Topliss-reactive ketones (excluding diaryl/α,β-unsaturated/α-hetero) is 1. The molecule has 0 N–H and O–H groups in total. The maximum absolute atomic E-state index is 11.1. The Kier molecular flexibility index (Phi) is 3.07. The van der Waals surface area contributed by atoms with Gasteiger partial charge in [0.15, 0.2) is 0 Å². The summed E-state index contributed by atoms with van der Waals surface area (Å²) in [6.07, 6.45) is 4.68. The van der Waals surface area contributed by atoms with Crippen LogP contribution in [0.2, 0.25) is 0 Å². The van der Waals surface area contributed by atoms with Crippen LogP contribution in [0.1, 0.15) is 50.4 Å². The number of fused-ring (bicyclic) bond motifs is 1. The smallest absolute Gasteiger partial charge is 0.129 e.